The first-order valence-electron chi connectivity index (χ1n) is 4.68. The minimum absolute atomic E-state index is 0.731. The lowest BCUT2D eigenvalue weighted by molar-refractivity contribution is 0.607. The SMILES string of the molecule is CC(C)CCNc1ccccc1Cl. The third-order valence-corrected chi connectivity index (χ3v) is 2.24. The van der Waals surface area contributed by atoms with E-state index in [4.69, 9.17) is 11.6 Å². The summed E-state index contributed by atoms with van der Waals surface area (Å²) in [6, 6.07) is 7.83. The number of rotatable bonds is 4. The highest BCUT2D eigenvalue weighted by Crippen LogP contribution is 2.20. The number of halogens is 1. The van der Waals surface area contributed by atoms with Gasteiger partial charge in [0.15, 0.2) is 0 Å². The van der Waals surface area contributed by atoms with Crippen LogP contribution in [0.5, 0.6) is 0 Å². The van der Waals surface area contributed by atoms with Gasteiger partial charge >= 0.3 is 0 Å². The number of anilines is 1. The molecule has 1 rings (SSSR count). The van der Waals surface area contributed by atoms with Gasteiger partial charge in [-0.05, 0) is 24.5 Å². The van der Waals surface area contributed by atoms with Crippen LogP contribution in [0.2, 0.25) is 5.02 Å². The topological polar surface area (TPSA) is 12.0 Å². The van der Waals surface area contributed by atoms with Crippen LogP contribution in [0.3, 0.4) is 0 Å². The third kappa shape index (κ3) is 3.69. The monoisotopic (exact) mass is 197 g/mol. The molecule has 0 unspecified atom stereocenters. The Kier molecular flexibility index (Phi) is 4.10. The molecule has 0 atom stereocenters. The highest BCUT2D eigenvalue weighted by molar-refractivity contribution is 6.33. The molecule has 0 aliphatic heterocycles. The molecule has 2 heteroatoms. The first-order chi connectivity index (χ1) is 6.20. The maximum Gasteiger partial charge on any atom is 0.0637 e. The molecular formula is C11H16ClN. The van der Waals surface area contributed by atoms with Gasteiger partial charge in [0.2, 0.25) is 0 Å². The maximum atomic E-state index is 5.98. The Morgan fingerprint density at radius 1 is 1.31 bits per heavy atom. The first-order valence-corrected chi connectivity index (χ1v) is 5.06. The van der Waals surface area contributed by atoms with E-state index in [1.165, 1.54) is 6.42 Å². The molecule has 0 amide bonds. The van der Waals surface area contributed by atoms with Gasteiger partial charge in [-0.15, -0.1) is 0 Å². The minimum atomic E-state index is 0.731. The zero-order chi connectivity index (χ0) is 9.68. The molecule has 0 saturated carbocycles. The van der Waals surface area contributed by atoms with E-state index in [9.17, 15) is 0 Å². The average molecular weight is 198 g/mol. The molecule has 0 fully saturated rings. The van der Waals surface area contributed by atoms with Crippen LogP contribution in [-0.2, 0) is 0 Å². The molecule has 0 radical (unpaired) electrons. The van der Waals surface area contributed by atoms with Crippen LogP contribution in [0.1, 0.15) is 20.3 Å². The summed E-state index contributed by atoms with van der Waals surface area (Å²) in [4.78, 5) is 0. The first kappa shape index (κ1) is 10.4. The number of nitrogens with one attached hydrogen (secondary N) is 1. The van der Waals surface area contributed by atoms with E-state index in [-0.39, 0.29) is 0 Å². The Hall–Kier alpha value is -0.690. The second-order valence-electron chi connectivity index (χ2n) is 3.59. The summed E-state index contributed by atoms with van der Waals surface area (Å²) in [6.45, 7) is 5.42. The van der Waals surface area contributed by atoms with Crippen molar-refractivity contribution in [2.24, 2.45) is 5.92 Å². The smallest absolute Gasteiger partial charge is 0.0637 e. The fourth-order valence-corrected chi connectivity index (χ4v) is 1.30. The molecule has 72 valence electrons. The van der Waals surface area contributed by atoms with Gasteiger partial charge in [0.05, 0.1) is 10.7 Å². The van der Waals surface area contributed by atoms with Crippen molar-refractivity contribution in [3.05, 3.63) is 29.3 Å². The molecule has 0 heterocycles. The fraction of sp³-hybridized carbons (Fsp3) is 0.455. The van der Waals surface area contributed by atoms with Crippen molar-refractivity contribution in [3.63, 3.8) is 0 Å². The van der Waals surface area contributed by atoms with Crippen LogP contribution in [0.4, 0.5) is 5.69 Å². The van der Waals surface area contributed by atoms with Crippen LogP contribution in [-0.4, -0.2) is 6.54 Å². The summed E-state index contributed by atoms with van der Waals surface area (Å²) >= 11 is 5.98. The lowest BCUT2D eigenvalue weighted by atomic mass is 10.1. The van der Waals surface area contributed by atoms with Crippen molar-refractivity contribution >= 4 is 17.3 Å². The molecule has 0 saturated heterocycles. The summed E-state index contributed by atoms with van der Waals surface area (Å²) in [5.41, 5.74) is 1.03. The van der Waals surface area contributed by atoms with Gasteiger partial charge in [-0.3, -0.25) is 0 Å². The molecule has 0 spiro atoms. The van der Waals surface area contributed by atoms with Gasteiger partial charge in [0.25, 0.3) is 0 Å². The van der Waals surface area contributed by atoms with E-state index >= 15 is 0 Å². The fourth-order valence-electron chi connectivity index (χ4n) is 1.10. The van der Waals surface area contributed by atoms with Gasteiger partial charge in [-0.2, -0.15) is 0 Å². The summed E-state index contributed by atoms with van der Waals surface area (Å²) in [5.74, 6) is 0.731. The predicted octanol–water partition coefficient (Wildman–Crippen LogP) is 3.80. The quantitative estimate of drug-likeness (QED) is 0.775. The van der Waals surface area contributed by atoms with Crippen LogP contribution in [0, 0.1) is 5.92 Å². The minimum Gasteiger partial charge on any atom is -0.384 e. The molecule has 0 aromatic heterocycles. The van der Waals surface area contributed by atoms with Crippen molar-refractivity contribution in [1.82, 2.24) is 0 Å². The molecule has 13 heavy (non-hydrogen) atoms. The van der Waals surface area contributed by atoms with Crippen molar-refractivity contribution < 1.29 is 0 Å². The largest absolute Gasteiger partial charge is 0.384 e. The lowest BCUT2D eigenvalue weighted by Gasteiger charge is -2.09. The van der Waals surface area contributed by atoms with Crippen molar-refractivity contribution in [2.45, 2.75) is 20.3 Å². The molecule has 0 aliphatic rings. The second kappa shape index (κ2) is 5.13. The van der Waals surface area contributed by atoms with Gasteiger partial charge in [-0.25, -0.2) is 0 Å². The van der Waals surface area contributed by atoms with E-state index in [0.717, 1.165) is 23.2 Å². The predicted molar refractivity (Wildman–Crippen MR) is 59.4 cm³/mol. The normalized spacial score (nSPS) is 10.5. The van der Waals surface area contributed by atoms with E-state index in [2.05, 4.69) is 19.2 Å². The Morgan fingerprint density at radius 2 is 2.00 bits per heavy atom. The zero-order valence-corrected chi connectivity index (χ0v) is 8.93. The van der Waals surface area contributed by atoms with Crippen LogP contribution in [0.15, 0.2) is 24.3 Å². The van der Waals surface area contributed by atoms with E-state index in [1.54, 1.807) is 0 Å². The highest BCUT2D eigenvalue weighted by atomic mass is 35.5. The lowest BCUT2D eigenvalue weighted by Crippen LogP contribution is -2.04. The van der Waals surface area contributed by atoms with Gasteiger partial charge in [0.1, 0.15) is 0 Å². The highest BCUT2D eigenvalue weighted by Gasteiger charge is 1.97. The van der Waals surface area contributed by atoms with Crippen LogP contribution in [0.25, 0.3) is 0 Å². The van der Waals surface area contributed by atoms with E-state index in [0.29, 0.717) is 0 Å². The molecule has 1 N–H and O–H groups in total. The average Bonchev–Trinajstić information content (AvgIpc) is 2.08. The van der Waals surface area contributed by atoms with Gasteiger partial charge in [0, 0.05) is 6.54 Å². The summed E-state index contributed by atoms with van der Waals surface area (Å²) in [5, 5.41) is 4.11. The number of hydrogen-bond donors (Lipinski definition) is 1. The Morgan fingerprint density at radius 3 is 2.62 bits per heavy atom. The van der Waals surface area contributed by atoms with Crippen molar-refractivity contribution in [3.8, 4) is 0 Å². The summed E-state index contributed by atoms with van der Waals surface area (Å²) in [6.07, 6.45) is 1.17. The molecule has 1 aromatic rings. The van der Waals surface area contributed by atoms with E-state index < -0.39 is 0 Å². The standard InChI is InChI=1S/C11H16ClN/c1-9(2)7-8-13-11-6-4-3-5-10(11)12/h3-6,9,13H,7-8H2,1-2H3. The van der Waals surface area contributed by atoms with E-state index in [1.807, 2.05) is 24.3 Å². The molecule has 0 aliphatic carbocycles. The third-order valence-electron chi connectivity index (χ3n) is 1.91. The van der Waals surface area contributed by atoms with Crippen LogP contribution < -0.4 is 5.32 Å². The maximum absolute atomic E-state index is 5.98. The van der Waals surface area contributed by atoms with Gasteiger partial charge < -0.3 is 5.32 Å². The summed E-state index contributed by atoms with van der Waals surface area (Å²) in [7, 11) is 0. The second-order valence-corrected chi connectivity index (χ2v) is 4.00. The zero-order valence-electron chi connectivity index (χ0n) is 8.18. The van der Waals surface area contributed by atoms with Gasteiger partial charge in [-0.1, -0.05) is 37.6 Å². The molecule has 1 aromatic carbocycles. The number of benzene rings is 1. The van der Waals surface area contributed by atoms with Crippen LogP contribution >= 0.6 is 11.6 Å². The van der Waals surface area contributed by atoms with Crippen molar-refractivity contribution in [2.75, 3.05) is 11.9 Å². The Balaban J connectivity index is 2.41. The number of para-hydroxylation sites is 1. The number of hydrogen-bond acceptors (Lipinski definition) is 1. The summed E-state index contributed by atoms with van der Waals surface area (Å²) < 4.78 is 0. The Bertz CT molecular complexity index is 258. The molecular weight excluding hydrogens is 182 g/mol. The molecule has 1 nitrogen and oxygen atoms in total. The molecule has 0 bridgehead atoms. The van der Waals surface area contributed by atoms with Crippen molar-refractivity contribution in [1.29, 1.82) is 0 Å². The Labute approximate surface area is 85.1 Å².